The molecule has 0 amide bonds. The lowest BCUT2D eigenvalue weighted by Crippen LogP contribution is -2.23. The van der Waals surface area contributed by atoms with E-state index in [1.807, 2.05) is 45.4 Å². The second-order valence-corrected chi connectivity index (χ2v) is 5.69. The molecule has 2 nitrogen and oxygen atoms in total. The van der Waals surface area contributed by atoms with Gasteiger partial charge in [-0.05, 0) is 40.7 Å². The summed E-state index contributed by atoms with van der Waals surface area (Å²) in [6.07, 6.45) is 1.64. The average molecular weight is 238 g/mol. The third-order valence-corrected chi connectivity index (χ3v) is 2.45. The molecule has 0 saturated carbocycles. The number of carbonyl (C=O) groups excluding carboxylic acids is 1. The highest BCUT2D eigenvalue weighted by atomic mass is 32.1. The predicted molar refractivity (Wildman–Crippen MR) is 68.5 cm³/mol. The van der Waals surface area contributed by atoms with Crippen LogP contribution in [-0.4, -0.2) is 11.4 Å². The fourth-order valence-electron chi connectivity index (χ4n) is 1.21. The molecule has 0 aliphatic heterocycles. The molecule has 0 radical (unpaired) electrons. The maximum absolute atomic E-state index is 11.9. The van der Waals surface area contributed by atoms with Crippen molar-refractivity contribution in [1.29, 1.82) is 0 Å². The zero-order valence-corrected chi connectivity index (χ0v) is 11.3. The Labute approximate surface area is 101 Å². The summed E-state index contributed by atoms with van der Waals surface area (Å²) < 4.78 is 5.74. The van der Waals surface area contributed by atoms with Gasteiger partial charge in [0.15, 0.2) is 5.78 Å². The van der Waals surface area contributed by atoms with E-state index in [9.17, 15) is 4.79 Å². The van der Waals surface area contributed by atoms with Gasteiger partial charge in [0.1, 0.15) is 11.4 Å². The zero-order chi connectivity index (χ0) is 12.3. The SMILES string of the molecule is CC(C)=CC(=O)c1cscc1OC(C)(C)C. The number of ketones is 1. The van der Waals surface area contributed by atoms with Crippen molar-refractivity contribution in [3.8, 4) is 5.75 Å². The second kappa shape index (κ2) is 4.83. The van der Waals surface area contributed by atoms with E-state index >= 15 is 0 Å². The van der Waals surface area contributed by atoms with Crippen LogP contribution in [0.25, 0.3) is 0 Å². The summed E-state index contributed by atoms with van der Waals surface area (Å²) >= 11 is 1.49. The molecule has 0 N–H and O–H groups in total. The molecule has 0 spiro atoms. The van der Waals surface area contributed by atoms with E-state index in [0.29, 0.717) is 11.3 Å². The lowest BCUT2D eigenvalue weighted by molar-refractivity contribution is 0.102. The number of carbonyl (C=O) groups is 1. The van der Waals surface area contributed by atoms with Crippen molar-refractivity contribution in [2.75, 3.05) is 0 Å². The Morgan fingerprint density at radius 2 is 1.94 bits per heavy atom. The molecule has 0 unspecified atom stereocenters. The van der Waals surface area contributed by atoms with E-state index in [4.69, 9.17) is 4.74 Å². The maximum Gasteiger partial charge on any atom is 0.190 e. The van der Waals surface area contributed by atoms with Crippen LogP contribution < -0.4 is 4.74 Å². The van der Waals surface area contributed by atoms with Gasteiger partial charge in [-0.1, -0.05) is 5.57 Å². The first-order valence-electron chi connectivity index (χ1n) is 5.24. The van der Waals surface area contributed by atoms with E-state index in [1.54, 1.807) is 6.08 Å². The van der Waals surface area contributed by atoms with Crippen LogP contribution in [0.2, 0.25) is 0 Å². The van der Waals surface area contributed by atoms with Crippen LogP contribution in [0.3, 0.4) is 0 Å². The van der Waals surface area contributed by atoms with Gasteiger partial charge >= 0.3 is 0 Å². The number of hydrogen-bond acceptors (Lipinski definition) is 3. The molecule has 3 heteroatoms. The maximum atomic E-state index is 11.9. The second-order valence-electron chi connectivity index (χ2n) is 4.95. The summed E-state index contributed by atoms with van der Waals surface area (Å²) in [7, 11) is 0. The highest BCUT2D eigenvalue weighted by Gasteiger charge is 2.18. The quantitative estimate of drug-likeness (QED) is 0.586. The van der Waals surface area contributed by atoms with Gasteiger partial charge < -0.3 is 4.74 Å². The van der Waals surface area contributed by atoms with Crippen LogP contribution >= 0.6 is 11.3 Å². The van der Waals surface area contributed by atoms with Crippen molar-refractivity contribution < 1.29 is 9.53 Å². The summed E-state index contributed by atoms with van der Waals surface area (Å²) in [6.45, 7) is 9.74. The van der Waals surface area contributed by atoms with Gasteiger partial charge in [0.25, 0.3) is 0 Å². The van der Waals surface area contributed by atoms with Crippen LogP contribution in [-0.2, 0) is 0 Å². The monoisotopic (exact) mass is 238 g/mol. The lowest BCUT2D eigenvalue weighted by atomic mass is 10.1. The normalized spacial score (nSPS) is 11.1. The molecule has 0 aliphatic carbocycles. The number of allylic oxidation sites excluding steroid dienone is 2. The molecule has 0 aliphatic rings. The molecule has 0 saturated heterocycles. The van der Waals surface area contributed by atoms with Gasteiger partial charge in [0.05, 0.1) is 5.56 Å². The molecule has 1 heterocycles. The average Bonchev–Trinajstić information content (AvgIpc) is 2.47. The minimum Gasteiger partial charge on any atom is -0.487 e. The van der Waals surface area contributed by atoms with Gasteiger partial charge in [-0.15, -0.1) is 11.3 Å². The first kappa shape index (κ1) is 13.0. The fraction of sp³-hybridized carbons (Fsp3) is 0.462. The van der Waals surface area contributed by atoms with Crippen molar-refractivity contribution in [2.45, 2.75) is 40.2 Å². The highest BCUT2D eigenvalue weighted by Crippen LogP contribution is 2.28. The van der Waals surface area contributed by atoms with Gasteiger partial charge in [-0.25, -0.2) is 0 Å². The number of ether oxygens (including phenoxy) is 1. The first-order chi connectivity index (χ1) is 7.29. The molecule has 1 aromatic rings. The van der Waals surface area contributed by atoms with Crippen LogP contribution in [0, 0.1) is 0 Å². The Balaban J connectivity index is 2.95. The molecular weight excluding hydrogens is 220 g/mol. The predicted octanol–water partition coefficient (Wildman–Crippen LogP) is 4.07. The van der Waals surface area contributed by atoms with Crippen molar-refractivity contribution in [3.05, 3.63) is 28.0 Å². The Hall–Kier alpha value is -1.09. The van der Waals surface area contributed by atoms with Gasteiger partial charge in [-0.3, -0.25) is 4.79 Å². The van der Waals surface area contributed by atoms with Crippen molar-refractivity contribution in [1.82, 2.24) is 0 Å². The highest BCUT2D eigenvalue weighted by molar-refractivity contribution is 7.08. The zero-order valence-electron chi connectivity index (χ0n) is 10.5. The number of thiophene rings is 1. The van der Waals surface area contributed by atoms with E-state index in [1.165, 1.54) is 11.3 Å². The molecule has 88 valence electrons. The van der Waals surface area contributed by atoms with E-state index < -0.39 is 0 Å². The summed E-state index contributed by atoms with van der Waals surface area (Å²) in [5, 5.41) is 3.71. The molecule has 0 atom stereocenters. The van der Waals surface area contributed by atoms with Gasteiger partial charge in [0.2, 0.25) is 0 Å². The Morgan fingerprint density at radius 1 is 1.31 bits per heavy atom. The van der Waals surface area contributed by atoms with Crippen molar-refractivity contribution >= 4 is 17.1 Å². The molecule has 16 heavy (non-hydrogen) atoms. The molecular formula is C13H18O2S. The van der Waals surface area contributed by atoms with Crippen LogP contribution in [0.5, 0.6) is 5.75 Å². The minimum absolute atomic E-state index is 0.0144. The van der Waals surface area contributed by atoms with E-state index in [2.05, 4.69) is 0 Å². The first-order valence-corrected chi connectivity index (χ1v) is 6.18. The Morgan fingerprint density at radius 3 is 2.44 bits per heavy atom. The van der Waals surface area contributed by atoms with Crippen molar-refractivity contribution in [2.24, 2.45) is 0 Å². The largest absolute Gasteiger partial charge is 0.487 e. The fourth-order valence-corrected chi connectivity index (χ4v) is 1.95. The van der Waals surface area contributed by atoms with Crippen LogP contribution in [0.1, 0.15) is 45.0 Å². The Bertz CT molecular complexity index is 404. The third-order valence-electron chi connectivity index (χ3n) is 1.73. The molecule has 0 fully saturated rings. The van der Waals surface area contributed by atoms with E-state index in [0.717, 1.165) is 5.57 Å². The van der Waals surface area contributed by atoms with Crippen LogP contribution in [0.15, 0.2) is 22.4 Å². The number of hydrogen-bond donors (Lipinski definition) is 0. The topological polar surface area (TPSA) is 26.3 Å². The molecule has 0 bridgehead atoms. The molecule has 1 rings (SSSR count). The third kappa shape index (κ3) is 3.81. The summed E-state index contributed by atoms with van der Waals surface area (Å²) in [5.74, 6) is 0.695. The standard InChI is InChI=1S/C13H18O2S/c1-9(2)6-11(14)10-7-16-8-12(10)15-13(3,4)5/h6-8H,1-5H3. The number of rotatable bonds is 3. The molecule has 0 aromatic carbocycles. The van der Waals surface area contributed by atoms with Gasteiger partial charge in [-0.2, -0.15) is 0 Å². The lowest BCUT2D eigenvalue weighted by Gasteiger charge is -2.21. The van der Waals surface area contributed by atoms with Gasteiger partial charge in [0, 0.05) is 10.8 Å². The minimum atomic E-state index is -0.277. The van der Waals surface area contributed by atoms with Crippen molar-refractivity contribution in [3.63, 3.8) is 0 Å². The smallest absolute Gasteiger partial charge is 0.190 e. The van der Waals surface area contributed by atoms with E-state index in [-0.39, 0.29) is 11.4 Å². The van der Waals surface area contributed by atoms with Crippen LogP contribution in [0.4, 0.5) is 0 Å². The summed E-state index contributed by atoms with van der Waals surface area (Å²) in [4.78, 5) is 11.9. The summed E-state index contributed by atoms with van der Waals surface area (Å²) in [6, 6.07) is 0. The Kier molecular flexibility index (Phi) is 3.92. The molecule has 1 aromatic heterocycles. The summed E-state index contributed by atoms with van der Waals surface area (Å²) in [5.41, 5.74) is 1.38.